The number of benzene rings is 1. The molecule has 0 unspecified atom stereocenters. The molecular formula is C14H19NO4. The summed E-state index contributed by atoms with van der Waals surface area (Å²) in [7, 11) is 0. The lowest BCUT2D eigenvalue weighted by atomic mass is 10.1. The van der Waals surface area contributed by atoms with Crippen LogP contribution >= 0.6 is 0 Å². The number of alkyl carbamates (subject to hydrolysis) is 1. The standard InChI is InChI=1S/C14H19NO4/c1-11(7-8-13(16)17)9-15-14(18)19-10-12-5-3-2-4-6-12/h2-6,11H,7-10H2,1H3,(H,15,18)(H,16,17)/t11-/m1/s1. The normalized spacial score (nSPS) is 11.6. The second-order valence-corrected chi connectivity index (χ2v) is 4.48. The number of carbonyl (C=O) groups is 2. The summed E-state index contributed by atoms with van der Waals surface area (Å²) < 4.78 is 5.04. The van der Waals surface area contributed by atoms with Gasteiger partial charge in [-0.15, -0.1) is 0 Å². The van der Waals surface area contributed by atoms with Crippen molar-refractivity contribution in [2.45, 2.75) is 26.4 Å². The average Bonchev–Trinajstić information content (AvgIpc) is 2.41. The Hall–Kier alpha value is -2.04. The number of carboxylic acids is 1. The summed E-state index contributed by atoms with van der Waals surface area (Å²) in [5.74, 6) is -0.709. The maximum atomic E-state index is 11.4. The van der Waals surface area contributed by atoms with E-state index in [0.717, 1.165) is 5.56 Å². The van der Waals surface area contributed by atoms with Gasteiger partial charge < -0.3 is 15.2 Å². The average molecular weight is 265 g/mol. The number of hydrogen-bond donors (Lipinski definition) is 2. The maximum Gasteiger partial charge on any atom is 0.407 e. The monoisotopic (exact) mass is 265 g/mol. The van der Waals surface area contributed by atoms with Crippen LogP contribution in [-0.2, 0) is 16.1 Å². The zero-order chi connectivity index (χ0) is 14.1. The molecule has 1 rings (SSSR count). The Morgan fingerprint density at radius 3 is 2.63 bits per heavy atom. The molecule has 0 aliphatic carbocycles. The van der Waals surface area contributed by atoms with Crippen LogP contribution in [0, 0.1) is 5.92 Å². The quantitative estimate of drug-likeness (QED) is 0.793. The SMILES string of the molecule is C[C@H](CCC(=O)O)CNC(=O)OCc1ccccc1. The summed E-state index contributed by atoms with van der Waals surface area (Å²) in [6, 6.07) is 9.41. The van der Waals surface area contributed by atoms with Crippen molar-refractivity contribution in [3.63, 3.8) is 0 Å². The zero-order valence-corrected chi connectivity index (χ0v) is 11.0. The third-order valence-corrected chi connectivity index (χ3v) is 2.66. The molecule has 0 saturated heterocycles. The van der Waals surface area contributed by atoms with Crippen molar-refractivity contribution in [1.29, 1.82) is 0 Å². The maximum absolute atomic E-state index is 11.4. The lowest BCUT2D eigenvalue weighted by Gasteiger charge is -2.11. The second kappa shape index (κ2) is 8.13. The Labute approximate surface area is 112 Å². The molecule has 0 aliphatic rings. The highest BCUT2D eigenvalue weighted by molar-refractivity contribution is 5.67. The lowest BCUT2D eigenvalue weighted by molar-refractivity contribution is -0.137. The lowest BCUT2D eigenvalue weighted by Crippen LogP contribution is -2.29. The Morgan fingerprint density at radius 2 is 2.00 bits per heavy atom. The summed E-state index contributed by atoms with van der Waals surface area (Å²) in [6.07, 6.45) is 0.168. The fraction of sp³-hybridized carbons (Fsp3) is 0.429. The van der Waals surface area contributed by atoms with E-state index in [1.165, 1.54) is 0 Å². The number of aliphatic carboxylic acids is 1. The van der Waals surface area contributed by atoms with Gasteiger partial charge in [-0.1, -0.05) is 37.3 Å². The van der Waals surface area contributed by atoms with Crippen LogP contribution in [0.3, 0.4) is 0 Å². The number of nitrogens with one attached hydrogen (secondary N) is 1. The Kier molecular flexibility index (Phi) is 6.43. The Morgan fingerprint density at radius 1 is 1.32 bits per heavy atom. The van der Waals surface area contributed by atoms with Gasteiger partial charge in [0.2, 0.25) is 0 Å². The molecule has 19 heavy (non-hydrogen) atoms. The van der Waals surface area contributed by atoms with Gasteiger partial charge in [-0.25, -0.2) is 4.79 Å². The van der Waals surface area contributed by atoms with E-state index >= 15 is 0 Å². The van der Waals surface area contributed by atoms with Gasteiger partial charge >= 0.3 is 12.1 Å². The minimum atomic E-state index is -0.821. The number of amides is 1. The highest BCUT2D eigenvalue weighted by Crippen LogP contribution is 2.04. The summed E-state index contributed by atoms with van der Waals surface area (Å²) in [4.78, 5) is 21.8. The van der Waals surface area contributed by atoms with E-state index in [1.54, 1.807) is 0 Å². The van der Waals surface area contributed by atoms with Crippen LogP contribution in [0.5, 0.6) is 0 Å². The fourth-order valence-corrected chi connectivity index (χ4v) is 1.50. The molecule has 5 heteroatoms. The third kappa shape index (κ3) is 7.08. The van der Waals surface area contributed by atoms with E-state index in [9.17, 15) is 9.59 Å². The van der Waals surface area contributed by atoms with E-state index in [0.29, 0.717) is 13.0 Å². The molecule has 0 spiro atoms. The van der Waals surface area contributed by atoms with Crippen LogP contribution in [0.2, 0.25) is 0 Å². The first-order valence-corrected chi connectivity index (χ1v) is 6.24. The number of hydrogen-bond acceptors (Lipinski definition) is 3. The predicted molar refractivity (Wildman–Crippen MR) is 70.7 cm³/mol. The van der Waals surface area contributed by atoms with Crippen molar-refractivity contribution < 1.29 is 19.4 Å². The minimum absolute atomic E-state index is 0.111. The van der Waals surface area contributed by atoms with Crippen LogP contribution < -0.4 is 5.32 Å². The molecule has 0 fully saturated rings. The second-order valence-electron chi connectivity index (χ2n) is 4.48. The predicted octanol–water partition coefficient (Wildman–Crippen LogP) is 2.41. The summed E-state index contributed by atoms with van der Waals surface area (Å²) in [5.41, 5.74) is 0.927. The molecule has 0 bridgehead atoms. The first-order chi connectivity index (χ1) is 9.08. The van der Waals surface area contributed by atoms with Crippen molar-refractivity contribution in [3.05, 3.63) is 35.9 Å². The number of ether oxygens (including phenoxy) is 1. The first-order valence-electron chi connectivity index (χ1n) is 6.24. The molecule has 1 atom stereocenters. The molecule has 1 aromatic carbocycles. The Balaban J connectivity index is 2.16. The number of carbonyl (C=O) groups excluding carboxylic acids is 1. The van der Waals surface area contributed by atoms with Crippen LogP contribution in [0.25, 0.3) is 0 Å². The van der Waals surface area contributed by atoms with E-state index in [1.807, 2.05) is 37.3 Å². The smallest absolute Gasteiger partial charge is 0.407 e. The molecule has 1 aromatic rings. The molecule has 0 saturated carbocycles. The van der Waals surface area contributed by atoms with Gasteiger partial charge in [0.15, 0.2) is 0 Å². The van der Waals surface area contributed by atoms with E-state index in [-0.39, 0.29) is 18.9 Å². The van der Waals surface area contributed by atoms with Crippen molar-refractivity contribution >= 4 is 12.1 Å². The largest absolute Gasteiger partial charge is 0.481 e. The fourth-order valence-electron chi connectivity index (χ4n) is 1.50. The van der Waals surface area contributed by atoms with Gasteiger partial charge in [0.05, 0.1) is 0 Å². The van der Waals surface area contributed by atoms with Crippen molar-refractivity contribution in [2.24, 2.45) is 5.92 Å². The van der Waals surface area contributed by atoms with Gasteiger partial charge in [-0.2, -0.15) is 0 Å². The summed E-state index contributed by atoms with van der Waals surface area (Å²) in [6.45, 7) is 2.54. The van der Waals surface area contributed by atoms with Gasteiger partial charge in [0.25, 0.3) is 0 Å². The topological polar surface area (TPSA) is 75.6 Å². The van der Waals surface area contributed by atoms with E-state index in [2.05, 4.69) is 5.32 Å². The van der Waals surface area contributed by atoms with Gasteiger partial charge in [0, 0.05) is 13.0 Å². The zero-order valence-electron chi connectivity index (χ0n) is 11.0. The molecule has 0 aliphatic heterocycles. The van der Waals surface area contributed by atoms with Crippen molar-refractivity contribution in [1.82, 2.24) is 5.32 Å². The molecular weight excluding hydrogens is 246 g/mol. The molecule has 0 aromatic heterocycles. The molecule has 2 N–H and O–H groups in total. The number of carboxylic acid groups (broad SMARTS) is 1. The molecule has 104 valence electrons. The number of rotatable bonds is 7. The van der Waals surface area contributed by atoms with E-state index in [4.69, 9.17) is 9.84 Å². The third-order valence-electron chi connectivity index (χ3n) is 2.66. The van der Waals surface area contributed by atoms with E-state index < -0.39 is 12.1 Å². The first kappa shape index (κ1) is 15.0. The highest BCUT2D eigenvalue weighted by Gasteiger charge is 2.08. The molecule has 0 radical (unpaired) electrons. The highest BCUT2D eigenvalue weighted by atomic mass is 16.5. The van der Waals surface area contributed by atoms with Crippen LogP contribution in [0.1, 0.15) is 25.3 Å². The molecule has 5 nitrogen and oxygen atoms in total. The Bertz CT molecular complexity index is 405. The summed E-state index contributed by atoms with van der Waals surface area (Å²) >= 11 is 0. The van der Waals surface area contributed by atoms with Gasteiger partial charge in [-0.3, -0.25) is 4.79 Å². The van der Waals surface area contributed by atoms with Crippen LogP contribution in [-0.4, -0.2) is 23.7 Å². The summed E-state index contributed by atoms with van der Waals surface area (Å²) in [5, 5.41) is 11.2. The minimum Gasteiger partial charge on any atom is -0.481 e. The van der Waals surface area contributed by atoms with Crippen LogP contribution in [0.15, 0.2) is 30.3 Å². The van der Waals surface area contributed by atoms with Crippen molar-refractivity contribution in [3.8, 4) is 0 Å². The van der Waals surface area contributed by atoms with Crippen molar-refractivity contribution in [2.75, 3.05) is 6.54 Å². The van der Waals surface area contributed by atoms with Gasteiger partial charge in [0.1, 0.15) is 6.61 Å². The molecule has 1 amide bonds. The van der Waals surface area contributed by atoms with Crippen LogP contribution in [0.4, 0.5) is 4.79 Å². The molecule has 0 heterocycles. The van der Waals surface area contributed by atoms with Gasteiger partial charge in [-0.05, 0) is 17.9 Å².